The predicted octanol–water partition coefficient (Wildman–Crippen LogP) is 1.58. The number of aryl methyl sites for hydroxylation is 1. The van der Waals surface area contributed by atoms with Crippen LogP contribution in [-0.4, -0.2) is 26.9 Å². The van der Waals surface area contributed by atoms with Crippen molar-refractivity contribution in [1.82, 2.24) is 25.7 Å². The highest BCUT2D eigenvalue weighted by molar-refractivity contribution is 5.54. The van der Waals surface area contributed by atoms with E-state index in [1.165, 1.54) is 12.8 Å². The molecule has 0 aliphatic carbocycles. The molecule has 6 nitrogen and oxygen atoms in total. The number of aromatic nitrogens is 4. The van der Waals surface area contributed by atoms with E-state index in [4.69, 9.17) is 4.52 Å². The molecule has 1 atom stereocenters. The Morgan fingerprint density at radius 2 is 2.35 bits per heavy atom. The largest absolute Gasteiger partial charge is 0.334 e. The van der Waals surface area contributed by atoms with Gasteiger partial charge in [-0.2, -0.15) is 10.1 Å². The normalized spacial score (nSPS) is 20.6. The van der Waals surface area contributed by atoms with E-state index in [2.05, 4.69) is 25.7 Å². The first-order chi connectivity index (χ1) is 8.34. The highest BCUT2D eigenvalue weighted by Gasteiger charge is 2.21. The van der Waals surface area contributed by atoms with Gasteiger partial charge in [0.25, 0.3) is 5.89 Å². The van der Waals surface area contributed by atoms with Gasteiger partial charge in [-0.3, -0.25) is 5.10 Å². The van der Waals surface area contributed by atoms with E-state index in [0.29, 0.717) is 5.89 Å². The van der Waals surface area contributed by atoms with Crippen molar-refractivity contribution in [3.8, 4) is 11.5 Å². The molecule has 0 saturated carbocycles. The van der Waals surface area contributed by atoms with Crippen LogP contribution in [0.3, 0.4) is 0 Å². The molecule has 1 aliphatic heterocycles. The fraction of sp³-hybridized carbons (Fsp3) is 0.545. The molecule has 1 unspecified atom stereocenters. The summed E-state index contributed by atoms with van der Waals surface area (Å²) in [4.78, 5) is 4.44. The minimum atomic E-state index is 0.230. The summed E-state index contributed by atoms with van der Waals surface area (Å²) >= 11 is 0. The molecule has 3 heterocycles. The van der Waals surface area contributed by atoms with Crippen LogP contribution in [0.15, 0.2) is 10.7 Å². The van der Waals surface area contributed by atoms with E-state index in [9.17, 15) is 0 Å². The van der Waals surface area contributed by atoms with E-state index < -0.39 is 0 Å². The summed E-state index contributed by atoms with van der Waals surface area (Å²) < 4.78 is 5.28. The molecule has 1 aliphatic rings. The Morgan fingerprint density at radius 1 is 1.41 bits per heavy atom. The second kappa shape index (κ2) is 4.29. The van der Waals surface area contributed by atoms with Gasteiger partial charge in [0, 0.05) is 5.69 Å². The molecule has 0 bridgehead atoms. The van der Waals surface area contributed by atoms with E-state index in [1.54, 1.807) is 6.20 Å². The molecule has 2 aromatic heterocycles. The van der Waals surface area contributed by atoms with Gasteiger partial charge in [0.2, 0.25) is 0 Å². The Kier molecular flexibility index (Phi) is 2.64. The van der Waals surface area contributed by atoms with E-state index in [0.717, 1.165) is 30.0 Å². The Labute approximate surface area is 98.8 Å². The lowest BCUT2D eigenvalue weighted by molar-refractivity contribution is 0.367. The lowest BCUT2D eigenvalue weighted by atomic mass is 10.0. The fourth-order valence-corrected chi connectivity index (χ4v) is 2.12. The molecule has 2 N–H and O–H groups in total. The van der Waals surface area contributed by atoms with Crippen LogP contribution in [-0.2, 0) is 0 Å². The van der Waals surface area contributed by atoms with Gasteiger partial charge in [-0.05, 0) is 26.3 Å². The van der Waals surface area contributed by atoms with Gasteiger partial charge in [-0.1, -0.05) is 11.6 Å². The Morgan fingerprint density at radius 3 is 3.06 bits per heavy atom. The van der Waals surface area contributed by atoms with Gasteiger partial charge in [0.1, 0.15) is 0 Å². The topological polar surface area (TPSA) is 79.6 Å². The van der Waals surface area contributed by atoms with Gasteiger partial charge in [0.05, 0.1) is 17.8 Å². The number of hydrogen-bond acceptors (Lipinski definition) is 5. The third-order valence-corrected chi connectivity index (χ3v) is 3.12. The molecule has 0 amide bonds. The molecule has 17 heavy (non-hydrogen) atoms. The average molecular weight is 233 g/mol. The smallest absolute Gasteiger partial charge is 0.261 e. The third-order valence-electron chi connectivity index (χ3n) is 3.12. The molecular weight excluding hydrogens is 218 g/mol. The summed E-state index contributed by atoms with van der Waals surface area (Å²) in [6, 6.07) is 0.230. The number of nitrogens with one attached hydrogen (secondary N) is 2. The van der Waals surface area contributed by atoms with Crippen LogP contribution in [0, 0.1) is 6.92 Å². The minimum absolute atomic E-state index is 0.230. The highest BCUT2D eigenvalue weighted by atomic mass is 16.5. The summed E-state index contributed by atoms with van der Waals surface area (Å²) in [7, 11) is 0. The molecule has 1 saturated heterocycles. The minimum Gasteiger partial charge on any atom is -0.334 e. The zero-order valence-electron chi connectivity index (χ0n) is 9.73. The first-order valence-electron chi connectivity index (χ1n) is 5.92. The van der Waals surface area contributed by atoms with Gasteiger partial charge < -0.3 is 9.84 Å². The van der Waals surface area contributed by atoms with E-state index in [1.807, 2.05) is 6.92 Å². The average Bonchev–Trinajstić information content (AvgIpc) is 2.98. The predicted molar refractivity (Wildman–Crippen MR) is 61.2 cm³/mol. The SMILES string of the molecule is Cc1[nH]ncc1-c1nc(C2CCCCN2)no1. The number of rotatable bonds is 2. The maximum Gasteiger partial charge on any atom is 0.261 e. The van der Waals surface area contributed by atoms with Crippen LogP contribution in [0.5, 0.6) is 0 Å². The molecule has 6 heteroatoms. The quantitative estimate of drug-likeness (QED) is 0.823. The van der Waals surface area contributed by atoms with Crippen LogP contribution in [0.4, 0.5) is 0 Å². The van der Waals surface area contributed by atoms with Gasteiger partial charge in [0.15, 0.2) is 5.82 Å². The van der Waals surface area contributed by atoms with Crippen molar-refractivity contribution in [3.63, 3.8) is 0 Å². The molecule has 0 radical (unpaired) electrons. The van der Waals surface area contributed by atoms with Crippen molar-refractivity contribution < 1.29 is 4.52 Å². The molecule has 90 valence electrons. The molecule has 2 aromatic rings. The van der Waals surface area contributed by atoms with Crippen molar-refractivity contribution in [3.05, 3.63) is 17.7 Å². The van der Waals surface area contributed by atoms with Crippen LogP contribution in [0.1, 0.15) is 36.8 Å². The Hall–Kier alpha value is -1.69. The van der Waals surface area contributed by atoms with Crippen molar-refractivity contribution in [2.24, 2.45) is 0 Å². The number of aromatic amines is 1. The first kappa shape index (κ1) is 10.5. The maximum absolute atomic E-state index is 5.28. The van der Waals surface area contributed by atoms with Crippen molar-refractivity contribution in [2.45, 2.75) is 32.2 Å². The number of hydrogen-bond donors (Lipinski definition) is 2. The molecule has 3 rings (SSSR count). The Bertz CT molecular complexity index is 497. The Balaban J connectivity index is 1.85. The lowest BCUT2D eigenvalue weighted by Crippen LogP contribution is -2.27. The van der Waals surface area contributed by atoms with Crippen molar-refractivity contribution >= 4 is 0 Å². The van der Waals surface area contributed by atoms with Crippen molar-refractivity contribution in [2.75, 3.05) is 6.54 Å². The summed E-state index contributed by atoms with van der Waals surface area (Å²) in [5.74, 6) is 1.29. The maximum atomic E-state index is 5.28. The highest BCUT2D eigenvalue weighted by Crippen LogP contribution is 2.24. The summed E-state index contributed by atoms with van der Waals surface area (Å²) in [5, 5.41) is 14.3. The summed E-state index contributed by atoms with van der Waals surface area (Å²) in [6.07, 6.45) is 5.22. The van der Waals surface area contributed by atoms with Gasteiger partial charge in [-0.15, -0.1) is 0 Å². The fourth-order valence-electron chi connectivity index (χ4n) is 2.12. The van der Waals surface area contributed by atoms with E-state index in [-0.39, 0.29) is 6.04 Å². The van der Waals surface area contributed by atoms with Crippen LogP contribution >= 0.6 is 0 Å². The lowest BCUT2D eigenvalue weighted by Gasteiger charge is -2.19. The number of piperidine rings is 1. The van der Waals surface area contributed by atoms with Gasteiger partial charge >= 0.3 is 0 Å². The third kappa shape index (κ3) is 1.95. The monoisotopic (exact) mass is 233 g/mol. The number of H-pyrrole nitrogens is 1. The standard InChI is InChI=1S/C11H15N5O/c1-7-8(6-13-15-7)11-14-10(16-17-11)9-4-2-3-5-12-9/h6,9,12H,2-5H2,1H3,(H,13,15). The van der Waals surface area contributed by atoms with Gasteiger partial charge in [-0.25, -0.2) is 0 Å². The second-order valence-electron chi connectivity index (χ2n) is 4.37. The van der Waals surface area contributed by atoms with E-state index >= 15 is 0 Å². The zero-order chi connectivity index (χ0) is 11.7. The number of nitrogens with zero attached hydrogens (tertiary/aromatic N) is 3. The molecule has 0 spiro atoms. The summed E-state index contributed by atoms with van der Waals surface area (Å²) in [5.41, 5.74) is 1.82. The summed E-state index contributed by atoms with van der Waals surface area (Å²) in [6.45, 7) is 2.96. The molecule has 1 fully saturated rings. The van der Waals surface area contributed by atoms with Crippen LogP contribution in [0.25, 0.3) is 11.5 Å². The van der Waals surface area contributed by atoms with Crippen LogP contribution < -0.4 is 5.32 Å². The molecule has 0 aromatic carbocycles. The zero-order valence-corrected chi connectivity index (χ0v) is 9.73. The van der Waals surface area contributed by atoms with Crippen LogP contribution in [0.2, 0.25) is 0 Å². The first-order valence-corrected chi connectivity index (χ1v) is 5.92. The molecular formula is C11H15N5O. The second-order valence-corrected chi connectivity index (χ2v) is 4.37. The van der Waals surface area contributed by atoms with Crippen molar-refractivity contribution in [1.29, 1.82) is 0 Å².